The SMILES string of the molecule is CCCc1ccc(OCC(=O)NC2CCN(C(=O)C3CCCCC3)CC2)cc1. The number of rotatable bonds is 7. The lowest BCUT2D eigenvalue weighted by molar-refractivity contribution is -0.137. The minimum atomic E-state index is -0.0882. The number of benzene rings is 1. The number of carbonyl (C=O) groups excluding carboxylic acids is 2. The first kappa shape index (κ1) is 20.7. The van der Waals surface area contributed by atoms with Gasteiger partial charge in [-0.25, -0.2) is 0 Å². The van der Waals surface area contributed by atoms with Gasteiger partial charge in [-0.15, -0.1) is 0 Å². The van der Waals surface area contributed by atoms with Gasteiger partial charge in [0.25, 0.3) is 5.91 Å². The molecule has 2 fully saturated rings. The number of likely N-dealkylation sites (tertiary alicyclic amines) is 1. The van der Waals surface area contributed by atoms with Gasteiger partial charge in [0.1, 0.15) is 5.75 Å². The van der Waals surface area contributed by atoms with Crippen molar-refractivity contribution in [1.82, 2.24) is 10.2 Å². The molecule has 154 valence electrons. The predicted octanol–water partition coefficient (Wildman–Crippen LogP) is 3.71. The molecule has 2 amide bonds. The van der Waals surface area contributed by atoms with Crippen LogP contribution in [-0.2, 0) is 16.0 Å². The molecule has 3 rings (SSSR count). The lowest BCUT2D eigenvalue weighted by Crippen LogP contribution is -2.49. The van der Waals surface area contributed by atoms with Crippen LogP contribution in [-0.4, -0.2) is 42.5 Å². The molecule has 1 N–H and O–H groups in total. The second-order valence-corrected chi connectivity index (χ2v) is 8.18. The summed E-state index contributed by atoms with van der Waals surface area (Å²) in [5, 5.41) is 3.06. The first-order valence-electron chi connectivity index (χ1n) is 11.0. The van der Waals surface area contributed by atoms with Crippen molar-refractivity contribution in [1.29, 1.82) is 0 Å². The molecule has 0 radical (unpaired) electrons. The summed E-state index contributed by atoms with van der Waals surface area (Å²) < 4.78 is 5.60. The highest BCUT2D eigenvalue weighted by Gasteiger charge is 2.29. The van der Waals surface area contributed by atoms with E-state index in [9.17, 15) is 9.59 Å². The van der Waals surface area contributed by atoms with Gasteiger partial charge in [-0.05, 0) is 49.8 Å². The standard InChI is InChI=1S/C23H34N2O3/c1-2-6-18-9-11-21(12-10-18)28-17-22(26)24-20-13-15-25(16-14-20)23(27)19-7-4-3-5-8-19/h9-12,19-20H,2-8,13-17H2,1H3,(H,24,26). The number of hydrogen-bond acceptors (Lipinski definition) is 3. The highest BCUT2D eigenvalue weighted by Crippen LogP contribution is 2.26. The molecule has 1 aliphatic carbocycles. The maximum Gasteiger partial charge on any atom is 0.258 e. The Bertz CT molecular complexity index is 630. The summed E-state index contributed by atoms with van der Waals surface area (Å²) in [5.41, 5.74) is 1.29. The van der Waals surface area contributed by atoms with Crippen molar-refractivity contribution in [2.75, 3.05) is 19.7 Å². The molecular weight excluding hydrogens is 352 g/mol. The van der Waals surface area contributed by atoms with E-state index in [2.05, 4.69) is 24.4 Å². The monoisotopic (exact) mass is 386 g/mol. The van der Waals surface area contributed by atoms with Crippen molar-refractivity contribution in [3.8, 4) is 5.75 Å². The van der Waals surface area contributed by atoms with Crippen molar-refractivity contribution in [2.45, 2.75) is 70.8 Å². The number of amides is 2. The zero-order valence-corrected chi connectivity index (χ0v) is 17.1. The Morgan fingerprint density at radius 3 is 2.36 bits per heavy atom. The van der Waals surface area contributed by atoms with Gasteiger partial charge in [-0.3, -0.25) is 9.59 Å². The minimum Gasteiger partial charge on any atom is -0.484 e. The summed E-state index contributed by atoms with van der Waals surface area (Å²) in [6, 6.07) is 8.09. The number of hydrogen-bond donors (Lipinski definition) is 1. The fraction of sp³-hybridized carbons (Fsp3) is 0.652. The summed E-state index contributed by atoms with van der Waals surface area (Å²) in [6.45, 7) is 3.69. The van der Waals surface area contributed by atoms with Crippen LogP contribution in [0.3, 0.4) is 0 Å². The first-order chi connectivity index (χ1) is 13.7. The predicted molar refractivity (Wildman–Crippen MR) is 110 cm³/mol. The van der Waals surface area contributed by atoms with E-state index in [0.717, 1.165) is 57.4 Å². The fourth-order valence-electron chi connectivity index (χ4n) is 4.31. The molecule has 1 aromatic carbocycles. The van der Waals surface area contributed by atoms with E-state index >= 15 is 0 Å². The Balaban J connectivity index is 1.35. The minimum absolute atomic E-state index is 0.0361. The third kappa shape index (κ3) is 5.98. The molecule has 1 saturated heterocycles. The molecular formula is C23H34N2O3. The molecule has 0 spiro atoms. The number of carbonyl (C=O) groups is 2. The first-order valence-corrected chi connectivity index (χ1v) is 11.0. The van der Waals surface area contributed by atoms with Gasteiger partial charge in [0, 0.05) is 25.0 Å². The van der Waals surface area contributed by atoms with Crippen molar-refractivity contribution >= 4 is 11.8 Å². The molecule has 2 aliphatic rings. The topological polar surface area (TPSA) is 58.6 Å². The quantitative estimate of drug-likeness (QED) is 0.777. The van der Waals surface area contributed by atoms with E-state index in [1.807, 2.05) is 17.0 Å². The van der Waals surface area contributed by atoms with Gasteiger partial charge < -0.3 is 15.0 Å². The van der Waals surface area contributed by atoms with Gasteiger partial charge in [0.2, 0.25) is 5.91 Å². The molecule has 0 bridgehead atoms. The largest absolute Gasteiger partial charge is 0.484 e. The van der Waals surface area contributed by atoms with Gasteiger partial charge in [0.15, 0.2) is 6.61 Å². The molecule has 1 aliphatic heterocycles. The summed E-state index contributed by atoms with van der Waals surface area (Å²) in [4.78, 5) is 26.8. The third-order valence-electron chi connectivity index (χ3n) is 5.96. The van der Waals surface area contributed by atoms with Crippen LogP contribution in [0.15, 0.2) is 24.3 Å². The summed E-state index contributed by atoms with van der Waals surface area (Å²) >= 11 is 0. The lowest BCUT2D eigenvalue weighted by Gasteiger charge is -2.35. The van der Waals surface area contributed by atoms with E-state index in [1.54, 1.807) is 0 Å². The van der Waals surface area contributed by atoms with Crippen LogP contribution in [0.2, 0.25) is 0 Å². The molecule has 1 saturated carbocycles. The van der Waals surface area contributed by atoms with Gasteiger partial charge in [-0.2, -0.15) is 0 Å². The van der Waals surface area contributed by atoms with Crippen molar-refractivity contribution in [2.24, 2.45) is 5.92 Å². The lowest BCUT2D eigenvalue weighted by atomic mass is 9.87. The van der Waals surface area contributed by atoms with Crippen LogP contribution in [0, 0.1) is 5.92 Å². The molecule has 5 heteroatoms. The van der Waals surface area contributed by atoms with E-state index in [4.69, 9.17) is 4.74 Å². The molecule has 1 aromatic rings. The van der Waals surface area contributed by atoms with Gasteiger partial charge >= 0.3 is 0 Å². The number of piperidine rings is 1. The second-order valence-electron chi connectivity index (χ2n) is 8.18. The number of nitrogens with one attached hydrogen (secondary N) is 1. The van der Waals surface area contributed by atoms with Crippen molar-refractivity contribution < 1.29 is 14.3 Å². The van der Waals surface area contributed by atoms with Crippen LogP contribution in [0.5, 0.6) is 5.75 Å². The molecule has 28 heavy (non-hydrogen) atoms. The maximum absolute atomic E-state index is 12.6. The molecule has 0 atom stereocenters. The van der Waals surface area contributed by atoms with Crippen molar-refractivity contribution in [3.05, 3.63) is 29.8 Å². The molecule has 1 heterocycles. The normalized spacial score (nSPS) is 18.7. The molecule has 0 unspecified atom stereocenters. The van der Waals surface area contributed by atoms with Gasteiger partial charge in [0.05, 0.1) is 0 Å². The Kier molecular flexibility index (Phi) is 7.75. The molecule has 0 aromatic heterocycles. The third-order valence-corrected chi connectivity index (χ3v) is 5.96. The highest BCUT2D eigenvalue weighted by molar-refractivity contribution is 5.79. The zero-order chi connectivity index (χ0) is 19.8. The highest BCUT2D eigenvalue weighted by atomic mass is 16.5. The Labute approximate surface area is 168 Å². The summed E-state index contributed by atoms with van der Waals surface area (Å²) in [5.74, 6) is 1.20. The Morgan fingerprint density at radius 1 is 1.04 bits per heavy atom. The summed E-state index contributed by atoms with van der Waals surface area (Å²) in [6.07, 6.45) is 9.57. The van der Waals surface area contributed by atoms with Gasteiger partial charge in [-0.1, -0.05) is 44.7 Å². The smallest absolute Gasteiger partial charge is 0.258 e. The molecule has 5 nitrogen and oxygen atoms in total. The number of aryl methyl sites for hydroxylation is 1. The maximum atomic E-state index is 12.6. The van der Waals surface area contributed by atoms with E-state index in [1.165, 1.54) is 24.8 Å². The Morgan fingerprint density at radius 2 is 1.71 bits per heavy atom. The number of nitrogens with zero attached hydrogens (tertiary/aromatic N) is 1. The zero-order valence-electron chi connectivity index (χ0n) is 17.1. The van der Waals surface area contributed by atoms with E-state index < -0.39 is 0 Å². The van der Waals surface area contributed by atoms with E-state index in [0.29, 0.717) is 5.91 Å². The van der Waals surface area contributed by atoms with E-state index in [-0.39, 0.29) is 24.5 Å². The van der Waals surface area contributed by atoms with Crippen LogP contribution in [0.25, 0.3) is 0 Å². The van der Waals surface area contributed by atoms with Crippen LogP contribution < -0.4 is 10.1 Å². The Hall–Kier alpha value is -2.04. The van der Waals surface area contributed by atoms with Crippen LogP contribution in [0.4, 0.5) is 0 Å². The average Bonchev–Trinajstić information content (AvgIpc) is 2.74. The number of ether oxygens (including phenoxy) is 1. The fourth-order valence-corrected chi connectivity index (χ4v) is 4.31. The van der Waals surface area contributed by atoms with Crippen LogP contribution >= 0.6 is 0 Å². The summed E-state index contributed by atoms with van der Waals surface area (Å²) in [7, 11) is 0. The van der Waals surface area contributed by atoms with Crippen LogP contribution in [0.1, 0.15) is 63.9 Å². The van der Waals surface area contributed by atoms with Crippen molar-refractivity contribution in [3.63, 3.8) is 0 Å². The average molecular weight is 387 g/mol. The second kappa shape index (κ2) is 10.5.